The van der Waals surface area contributed by atoms with Crippen LogP contribution >= 0.6 is 12.4 Å². The van der Waals surface area contributed by atoms with Crippen LogP contribution in [-0.4, -0.2) is 25.2 Å². The summed E-state index contributed by atoms with van der Waals surface area (Å²) < 4.78 is 5.17. The van der Waals surface area contributed by atoms with E-state index in [2.05, 4.69) is 10.6 Å². The smallest absolute Gasteiger partial charge is 0.407 e. The number of fused-ring (bicyclic) bond motifs is 1. The maximum Gasteiger partial charge on any atom is 0.407 e. The fraction of sp³-hybridized carbons (Fsp3) is 0.462. The average Bonchev–Trinajstić information content (AvgIpc) is 2.79. The van der Waals surface area contributed by atoms with Gasteiger partial charge in [0.05, 0.1) is 0 Å². The third kappa shape index (κ3) is 2.76. The highest BCUT2D eigenvalue weighted by Crippen LogP contribution is 2.41. The highest BCUT2D eigenvalue weighted by Gasteiger charge is 2.53. The van der Waals surface area contributed by atoms with Crippen LogP contribution in [-0.2, 0) is 11.3 Å². The number of rotatable bonds is 3. The molecule has 1 heterocycles. The molecule has 1 aromatic rings. The fourth-order valence-corrected chi connectivity index (χ4v) is 2.53. The van der Waals surface area contributed by atoms with Gasteiger partial charge in [0.15, 0.2) is 0 Å². The summed E-state index contributed by atoms with van der Waals surface area (Å²) in [7, 11) is 0. The monoisotopic (exact) mass is 268 g/mol. The number of hydrogen-bond acceptors (Lipinski definition) is 3. The van der Waals surface area contributed by atoms with E-state index in [0.717, 1.165) is 18.7 Å². The summed E-state index contributed by atoms with van der Waals surface area (Å²) in [4.78, 5) is 11.5. The fourth-order valence-electron chi connectivity index (χ4n) is 2.53. The van der Waals surface area contributed by atoms with Crippen molar-refractivity contribution < 1.29 is 9.53 Å². The minimum atomic E-state index is -0.298. The Morgan fingerprint density at radius 1 is 1.28 bits per heavy atom. The first-order valence-corrected chi connectivity index (χ1v) is 6.02. The summed E-state index contributed by atoms with van der Waals surface area (Å²) in [6, 6.07) is 10.1. The standard InChI is InChI=1S/C13H16N2O2.ClH/c16-13(15-12-10-6-14-7-11(10)12)17-8-9-4-2-1-3-5-9;/h1-5,10-12,14H,6-8H2,(H,15,16);1H/t10-,11+,12?;. The number of halogens is 1. The van der Waals surface area contributed by atoms with Crippen LogP contribution in [0.2, 0.25) is 0 Å². The zero-order valence-electron chi connectivity index (χ0n) is 9.96. The molecular formula is C13H17ClN2O2. The molecule has 5 heteroatoms. The molecule has 1 saturated heterocycles. The minimum absolute atomic E-state index is 0. The van der Waals surface area contributed by atoms with Gasteiger partial charge in [0.25, 0.3) is 0 Å². The molecule has 1 amide bonds. The Bertz CT molecular complexity index is 403. The largest absolute Gasteiger partial charge is 0.445 e. The van der Waals surface area contributed by atoms with Crippen molar-refractivity contribution in [1.82, 2.24) is 10.6 Å². The van der Waals surface area contributed by atoms with Gasteiger partial charge in [-0.1, -0.05) is 30.3 Å². The average molecular weight is 269 g/mol. The highest BCUT2D eigenvalue weighted by atomic mass is 35.5. The molecule has 98 valence electrons. The minimum Gasteiger partial charge on any atom is -0.445 e. The molecule has 3 atom stereocenters. The predicted molar refractivity (Wildman–Crippen MR) is 70.6 cm³/mol. The summed E-state index contributed by atoms with van der Waals surface area (Å²) in [5, 5.41) is 6.22. The van der Waals surface area contributed by atoms with Gasteiger partial charge in [0.1, 0.15) is 6.61 Å². The molecule has 4 nitrogen and oxygen atoms in total. The number of nitrogens with one attached hydrogen (secondary N) is 2. The molecular weight excluding hydrogens is 252 g/mol. The van der Waals surface area contributed by atoms with Crippen LogP contribution in [0.4, 0.5) is 4.79 Å². The van der Waals surface area contributed by atoms with Crippen molar-refractivity contribution >= 4 is 18.5 Å². The van der Waals surface area contributed by atoms with Crippen LogP contribution in [0.1, 0.15) is 5.56 Å². The Morgan fingerprint density at radius 2 is 1.94 bits per heavy atom. The lowest BCUT2D eigenvalue weighted by Crippen LogP contribution is -2.32. The third-order valence-corrected chi connectivity index (χ3v) is 3.59. The van der Waals surface area contributed by atoms with Crippen LogP contribution in [0.15, 0.2) is 30.3 Å². The number of hydrogen-bond donors (Lipinski definition) is 2. The van der Waals surface area contributed by atoms with E-state index >= 15 is 0 Å². The molecule has 2 N–H and O–H groups in total. The van der Waals surface area contributed by atoms with Crippen molar-refractivity contribution in [2.75, 3.05) is 13.1 Å². The molecule has 0 spiro atoms. The number of benzene rings is 1. The summed E-state index contributed by atoms with van der Waals surface area (Å²) >= 11 is 0. The zero-order valence-corrected chi connectivity index (χ0v) is 10.8. The topological polar surface area (TPSA) is 50.4 Å². The summed E-state index contributed by atoms with van der Waals surface area (Å²) in [5.41, 5.74) is 1.01. The Labute approximate surface area is 113 Å². The third-order valence-electron chi connectivity index (χ3n) is 3.59. The maximum atomic E-state index is 11.5. The van der Waals surface area contributed by atoms with Crippen molar-refractivity contribution in [1.29, 1.82) is 0 Å². The number of carbonyl (C=O) groups excluding carboxylic acids is 1. The van der Waals surface area contributed by atoms with Crippen LogP contribution in [0.3, 0.4) is 0 Å². The molecule has 1 unspecified atom stereocenters. The quantitative estimate of drug-likeness (QED) is 0.875. The van der Waals surface area contributed by atoms with Crippen molar-refractivity contribution in [3.05, 3.63) is 35.9 Å². The molecule has 0 bridgehead atoms. The number of ether oxygens (including phenoxy) is 1. The van der Waals surface area contributed by atoms with Gasteiger partial charge in [0.2, 0.25) is 0 Å². The normalized spacial score (nSPS) is 27.9. The first kappa shape index (κ1) is 13.2. The maximum absolute atomic E-state index is 11.5. The number of alkyl carbamates (subject to hydrolysis) is 1. The summed E-state index contributed by atoms with van der Waals surface area (Å²) in [5.74, 6) is 1.25. The lowest BCUT2D eigenvalue weighted by molar-refractivity contribution is 0.138. The number of piperidine rings is 1. The van der Waals surface area contributed by atoms with Crippen molar-refractivity contribution in [3.63, 3.8) is 0 Å². The first-order chi connectivity index (χ1) is 8.34. The molecule has 1 aromatic carbocycles. The van der Waals surface area contributed by atoms with Crippen LogP contribution < -0.4 is 10.6 Å². The van der Waals surface area contributed by atoms with Gasteiger partial charge < -0.3 is 15.4 Å². The first-order valence-electron chi connectivity index (χ1n) is 6.02. The van der Waals surface area contributed by atoms with Gasteiger partial charge in [-0.05, 0) is 17.4 Å². The summed E-state index contributed by atoms with van der Waals surface area (Å²) in [6.07, 6.45) is -0.298. The zero-order chi connectivity index (χ0) is 11.7. The van der Waals surface area contributed by atoms with Crippen molar-refractivity contribution in [2.45, 2.75) is 12.6 Å². The van der Waals surface area contributed by atoms with E-state index in [0.29, 0.717) is 24.5 Å². The second-order valence-electron chi connectivity index (χ2n) is 4.72. The van der Waals surface area contributed by atoms with E-state index in [1.54, 1.807) is 0 Å². The van der Waals surface area contributed by atoms with Crippen LogP contribution in [0, 0.1) is 11.8 Å². The van der Waals surface area contributed by atoms with E-state index in [1.165, 1.54) is 0 Å². The molecule has 18 heavy (non-hydrogen) atoms. The molecule has 0 radical (unpaired) electrons. The van der Waals surface area contributed by atoms with E-state index in [9.17, 15) is 4.79 Å². The molecule has 1 saturated carbocycles. The lowest BCUT2D eigenvalue weighted by Gasteiger charge is -2.08. The Kier molecular flexibility index (Phi) is 4.09. The van der Waals surface area contributed by atoms with E-state index in [4.69, 9.17) is 4.74 Å². The second kappa shape index (κ2) is 5.59. The second-order valence-corrected chi connectivity index (χ2v) is 4.72. The molecule has 2 aliphatic rings. The van der Waals surface area contributed by atoms with Gasteiger partial charge in [-0.25, -0.2) is 4.79 Å². The van der Waals surface area contributed by atoms with Gasteiger partial charge in [-0.2, -0.15) is 0 Å². The SMILES string of the molecule is Cl.O=C(NC1[C@H]2CNC[C@@H]12)OCc1ccccc1. The number of amides is 1. The molecule has 2 fully saturated rings. The lowest BCUT2D eigenvalue weighted by atomic mass is 10.2. The predicted octanol–water partition coefficient (Wildman–Crippen LogP) is 1.55. The molecule has 1 aliphatic heterocycles. The highest BCUT2D eigenvalue weighted by molar-refractivity contribution is 5.85. The van der Waals surface area contributed by atoms with E-state index < -0.39 is 0 Å². The summed E-state index contributed by atoms with van der Waals surface area (Å²) in [6.45, 7) is 2.38. The number of carbonyl (C=O) groups is 1. The van der Waals surface area contributed by atoms with Gasteiger partial charge in [0, 0.05) is 19.1 Å². The molecule has 0 aromatic heterocycles. The Morgan fingerprint density at radius 3 is 2.61 bits per heavy atom. The van der Waals surface area contributed by atoms with Gasteiger partial charge >= 0.3 is 6.09 Å². The van der Waals surface area contributed by atoms with Crippen molar-refractivity contribution in [2.24, 2.45) is 11.8 Å². The van der Waals surface area contributed by atoms with Crippen molar-refractivity contribution in [3.8, 4) is 0 Å². The van der Waals surface area contributed by atoms with Gasteiger partial charge in [-0.3, -0.25) is 0 Å². The Balaban J connectivity index is 0.00000120. The van der Waals surface area contributed by atoms with Gasteiger partial charge in [-0.15, -0.1) is 12.4 Å². The molecule has 3 rings (SSSR count). The van der Waals surface area contributed by atoms with E-state index in [-0.39, 0.29) is 18.5 Å². The Hall–Kier alpha value is -1.26. The van der Waals surface area contributed by atoms with E-state index in [1.807, 2.05) is 30.3 Å². The van der Waals surface area contributed by atoms with Crippen LogP contribution in [0.25, 0.3) is 0 Å². The molecule has 1 aliphatic carbocycles. The van der Waals surface area contributed by atoms with Crippen LogP contribution in [0.5, 0.6) is 0 Å².